The van der Waals surface area contributed by atoms with Gasteiger partial charge in [0.2, 0.25) is 0 Å². The van der Waals surface area contributed by atoms with Crippen molar-refractivity contribution in [2.45, 2.75) is 52.6 Å². The molecule has 0 spiro atoms. The molecule has 1 N–H and O–H groups in total. The first-order chi connectivity index (χ1) is 4.94. The van der Waals surface area contributed by atoms with Gasteiger partial charge < -0.3 is 5.11 Å². The molecule has 0 heterocycles. The summed E-state index contributed by atoms with van der Waals surface area (Å²) in [6.45, 7) is 8.47. The van der Waals surface area contributed by atoms with Gasteiger partial charge >= 0.3 is 0 Å². The molecule has 1 heteroatoms. The van der Waals surface area contributed by atoms with Crippen LogP contribution >= 0.6 is 0 Å². The van der Waals surface area contributed by atoms with Crippen molar-refractivity contribution in [1.29, 1.82) is 0 Å². The topological polar surface area (TPSA) is 20.2 Å². The normalized spacial score (nSPS) is 29.2. The number of rotatable bonds is 3. The predicted molar refractivity (Wildman–Crippen MR) is 47.4 cm³/mol. The van der Waals surface area contributed by atoms with E-state index in [-0.39, 0.29) is 5.41 Å². The van der Waals surface area contributed by atoms with Gasteiger partial charge in [0.15, 0.2) is 0 Å². The highest BCUT2D eigenvalue weighted by Gasteiger charge is 2.53. The van der Waals surface area contributed by atoms with E-state index < -0.39 is 5.60 Å². The van der Waals surface area contributed by atoms with Crippen molar-refractivity contribution >= 4 is 0 Å². The molecule has 1 rings (SSSR count). The van der Waals surface area contributed by atoms with E-state index in [4.69, 9.17) is 0 Å². The number of aliphatic hydroxyl groups is 1. The van der Waals surface area contributed by atoms with Crippen molar-refractivity contribution in [2.75, 3.05) is 0 Å². The average Bonchev–Trinajstić information content (AvgIpc) is 2.67. The molecule has 0 aromatic rings. The Morgan fingerprint density at radius 1 is 1.55 bits per heavy atom. The van der Waals surface area contributed by atoms with E-state index in [9.17, 15) is 5.11 Å². The molecule has 0 aliphatic heterocycles. The summed E-state index contributed by atoms with van der Waals surface area (Å²) in [5.74, 6) is 0.426. The van der Waals surface area contributed by atoms with Gasteiger partial charge in [-0.2, -0.15) is 0 Å². The lowest BCUT2D eigenvalue weighted by molar-refractivity contribution is -0.0555. The summed E-state index contributed by atoms with van der Waals surface area (Å²) in [4.78, 5) is 0. The Balaban J connectivity index is 2.65. The Morgan fingerprint density at radius 3 is 2.27 bits per heavy atom. The summed E-state index contributed by atoms with van der Waals surface area (Å²) in [6, 6.07) is 0. The summed E-state index contributed by atoms with van der Waals surface area (Å²) in [5.41, 5.74) is -0.218. The molecule has 66 valence electrons. The highest BCUT2D eigenvalue weighted by atomic mass is 16.3. The van der Waals surface area contributed by atoms with Crippen LogP contribution in [-0.4, -0.2) is 10.7 Å². The molecule has 1 fully saturated rings. The second-order valence-electron chi connectivity index (χ2n) is 4.52. The third-order valence-corrected chi connectivity index (χ3v) is 3.79. The zero-order valence-electron chi connectivity index (χ0n) is 8.15. The zero-order chi connectivity index (χ0) is 8.70. The Morgan fingerprint density at radius 2 is 2.00 bits per heavy atom. The van der Waals surface area contributed by atoms with Crippen LogP contribution in [-0.2, 0) is 0 Å². The van der Waals surface area contributed by atoms with E-state index in [2.05, 4.69) is 20.8 Å². The maximum absolute atomic E-state index is 10.2. The predicted octanol–water partition coefficient (Wildman–Crippen LogP) is 2.58. The van der Waals surface area contributed by atoms with E-state index in [1.54, 1.807) is 0 Å². The second-order valence-corrected chi connectivity index (χ2v) is 4.52. The van der Waals surface area contributed by atoms with Gasteiger partial charge in [-0.15, -0.1) is 0 Å². The van der Waals surface area contributed by atoms with Gasteiger partial charge in [0.1, 0.15) is 0 Å². The molecule has 0 radical (unpaired) electrons. The van der Waals surface area contributed by atoms with Crippen LogP contribution in [0.1, 0.15) is 47.0 Å². The minimum Gasteiger partial charge on any atom is -0.389 e. The van der Waals surface area contributed by atoms with Crippen LogP contribution in [0.4, 0.5) is 0 Å². The second kappa shape index (κ2) is 2.48. The fourth-order valence-electron chi connectivity index (χ4n) is 1.69. The summed E-state index contributed by atoms with van der Waals surface area (Å²) in [6.07, 6.45) is 3.47. The van der Waals surface area contributed by atoms with Gasteiger partial charge in [0.05, 0.1) is 5.60 Å². The van der Waals surface area contributed by atoms with Crippen molar-refractivity contribution in [2.24, 2.45) is 11.3 Å². The summed E-state index contributed by atoms with van der Waals surface area (Å²) < 4.78 is 0. The Labute approximate surface area is 69.8 Å². The van der Waals surface area contributed by atoms with E-state index in [1.165, 1.54) is 12.8 Å². The van der Waals surface area contributed by atoms with Crippen LogP contribution in [0.3, 0.4) is 0 Å². The molecule has 1 aliphatic carbocycles. The fourth-order valence-corrected chi connectivity index (χ4v) is 1.69. The van der Waals surface area contributed by atoms with Crippen molar-refractivity contribution in [3.05, 3.63) is 0 Å². The van der Waals surface area contributed by atoms with Crippen molar-refractivity contribution in [3.63, 3.8) is 0 Å². The Bertz CT molecular complexity index is 145. The molecule has 11 heavy (non-hydrogen) atoms. The monoisotopic (exact) mass is 156 g/mol. The maximum atomic E-state index is 10.2. The third-order valence-electron chi connectivity index (χ3n) is 3.79. The standard InChI is InChI=1S/C10H20O/c1-5-8(2)10(4,11)9(3)6-7-9/h8,11H,5-7H2,1-4H3. The van der Waals surface area contributed by atoms with Gasteiger partial charge in [-0.05, 0) is 31.1 Å². The molecule has 0 bridgehead atoms. The van der Waals surface area contributed by atoms with E-state index in [1.807, 2.05) is 6.92 Å². The molecule has 2 unspecified atom stereocenters. The van der Waals surface area contributed by atoms with Crippen LogP contribution in [0.25, 0.3) is 0 Å². The number of hydrogen-bond acceptors (Lipinski definition) is 1. The molecule has 1 nitrogen and oxygen atoms in total. The SMILES string of the molecule is CCC(C)C(C)(O)C1(C)CC1. The van der Waals surface area contributed by atoms with Crippen LogP contribution < -0.4 is 0 Å². The minimum absolute atomic E-state index is 0.225. The van der Waals surface area contributed by atoms with Crippen molar-refractivity contribution in [1.82, 2.24) is 0 Å². The molecule has 1 aliphatic rings. The molecule has 2 atom stereocenters. The Hall–Kier alpha value is -0.0400. The molecule has 0 aromatic heterocycles. The van der Waals surface area contributed by atoms with Gasteiger partial charge in [-0.3, -0.25) is 0 Å². The minimum atomic E-state index is -0.443. The van der Waals surface area contributed by atoms with Crippen LogP contribution in [0, 0.1) is 11.3 Å². The average molecular weight is 156 g/mol. The van der Waals surface area contributed by atoms with Crippen molar-refractivity contribution < 1.29 is 5.11 Å². The third kappa shape index (κ3) is 1.31. The first-order valence-corrected chi connectivity index (χ1v) is 4.66. The highest BCUT2D eigenvalue weighted by molar-refractivity contribution is 5.04. The maximum Gasteiger partial charge on any atom is 0.0698 e. The molecule has 0 aromatic carbocycles. The molecule has 1 saturated carbocycles. The summed E-state index contributed by atoms with van der Waals surface area (Å²) in [5, 5.41) is 10.2. The first kappa shape index (κ1) is 9.05. The molecule has 0 amide bonds. The van der Waals surface area contributed by atoms with E-state index in [0.717, 1.165) is 6.42 Å². The first-order valence-electron chi connectivity index (χ1n) is 4.66. The van der Waals surface area contributed by atoms with Crippen LogP contribution in [0.15, 0.2) is 0 Å². The summed E-state index contributed by atoms with van der Waals surface area (Å²) in [7, 11) is 0. The lowest BCUT2D eigenvalue weighted by Gasteiger charge is -2.36. The van der Waals surface area contributed by atoms with Crippen LogP contribution in [0.5, 0.6) is 0 Å². The largest absolute Gasteiger partial charge is 0.389 e. The van der Waals surface area contributed by atoms with Crippen LogP contribution in [0.2, 0.25) is 0 Å². The van der Waals surface area contributed by atoms with E-state index in [0.29, 0.717) is 5.92 Å². The summed E-state index contributed by atoms with van der Waals surface area (Å²) >= 11 is 0. The smallest absolute Gasteiger partial charge is 0.0698 e. The highest BCUT2D eigenvalue weighted by Crippen LogP contribution is 2.56. The van der Waals surface area contributed by atoms with Gasteiger partial charge in [0, 0.05) is 0 Å². The molecular weight excluding hydrogens is 136 g/mol. The van der Waals surface area contributed by atoms with E-state index >= 15 is 0 Å². The Kier molecular flexibility index (Phi) is 2.04. The zero-order valence-corrected chi connectivity index (χ0v) is 8.15. The quantitative estimate of drug-likeness (QED) is 0.666. The van der Waals surface area contributed by atoms with Crippen molar-refractivity contribution in [3.8, 4) is 0 Å². The lowest BCUT2D eigenvalue weighted by Crippen LogP contribution is -2.40. The van der Waals surface area contributed by atoms with Gasteiger partial charge in [0.25, 0.3) is 0 Å². The molecule has 0 saturated heterocycles. The molecular formula is C10H20O. The number of hydrogen-bond donors (Lipinski definition) is 1. The van der Waals surface area contributed by atoms with Gasteiger partial charge in [-0.1, -0.05) is 27.2 Å². The lowest BCUT2D eigenvalue weighted by atomic mass is 9.76. The fraction of sp³-hybridized carbons (Fsp3) is 1.00. The van der Waals surface area contributed by atoms with Gasteiger partial charge in [-0.25, -0.2) is 0 Å².